The molecule has 3 aromatic rings. The molecule has 30 heavy (non-hydrogen) atoms. The molecule has 0 aliphatic heterocycles. The van der Waals surface area contributed by atoms with Crippen LogP contribution in [-0.2, 0) is 0 Å². The highest BCUT2D eigenvalue weighted by Gasteiger charge is 2.17. The van der Waals surface area contributed by atoms with Crippen LogP contribution in [0.25, 0.3) is 0 Å². The van der Waals surface area contributed by atoms with Crippen molar-refractivity contribution in [3.8, 4) is 11.5 Å². The molecule has 1 atom stereocenters. The predicted molar refractivity (Wildman–Crippen MR) is 116 cm³/mol. The molecule has 2 aromatic carbocycles. The van der Waals surface area contributed by atoms with Gasteiger partial charge in [0.05, 0.1) is 17.3 Å². The van der Waals surface area contributed by atoms with E-state index >= 15 is 0 Å². The lowest BCUT2D eigenvalue weighted by molar-refractivity contribution is 0.0820. The Labute approximate surface area is 176 Å². The second kappa shape index (κ2) is 9.22. The minimum Gasteiger partial charge on any atom is -0.457 e. The lowest BCUT2D eigenvalue weighted by Gasteiger charge is -2.16. The summed E-state index contributed by atoms with van der Waals surface area (Å²) in [5.41, 5.74) is 2.23. The standard InChI is InChI=1S/C24H25N3O3/c1-16(18-10-12-20(13-11-18)30-19-8-6-5-7-9-19)26-23(28)21-14-15-22(25-17(21)2)24(29)27(3)4/h5-16H,1-4H3,(H,26,28). The zero-order valence-electron chi connectivity index (χ0n) is 17.5. The van der Waals surface area contributed by atoms with Crippen molar-refractivity contribution < 1.29 is 14.3 Å². The highest BCUT2D eigenvalue weighted by Crippen LogP contribution is 2.23. The van der Waals surface area contributed by atoms with Crippen molar-refractivity contribution in [1.29, 1.82) is 0 Å². The number of carbonyl (C=O) groups is 2. The fourth-order valence-electron chi connectivity index (χ4n) is 2.96. The van der Waals surface area contributed by atoms with Gasteiger partial charge in [-0.25, -0.2) is 4.98 Å². The number of hydrogen-bond donors (Lipinski definition) is 1. The summed E-state index contributed by atoms with van der Waals surface area (Å²) in [6.07, 6.45) is 0. The van der Waals surface area contributed by atoms with E-state index in [9.17, 15) is 9.59 Å². The van der Waals surface area contributed by atoms with Crippen LogP contribution in [0.3, 0.4) is 0 Å². The Kier molecular flexibility index (Phi) is 6.47. The minimum atomic E-state index is -0.235. The first-order valence-electron chi connectivity index (χ1n) is 9.68. The number of para-hydroxylation sites is 1. The maximum absolute atomic E-state index is 12.7. The van der Waals surface area contributed by atoms with Crippen LogP contribution in [0.2, 0.25) is 0 Å². The summed E-state index contributed by atoms with van der Waals surface area (Å²) in [5.74, 6) is 1.06. The van der Waals surface area contributed by atoms with Gasteiger partial charge in [-0.1, -0.05) is 30.3 Å². The Hall–Kier alpha value is -3.67. The van der Waals surface area contributed by atoms with Crippen LogP contribution in [0.4, 0.5) is 0 Å². The number of aromatic nitrogens is 1. The van der Waals surface area contributed by atoms with Gasteiger partial charge in [-0.2, -0.15) is 0 Å². The summed E-state index contributed by atoms with van der Waals surface area (Å²) in [7, 11) is 3.33. The third kappa shape index (κ3) is 5.03. The van der Waals surface area contributed by atoms with Gasteiger partial charge in [-0.15, -0.1) is 0 Å². The molecule has 6 heteroatoms. The van der Waals surface area contributed by atoms with Crippen molar-refractivity contribution >= 4 is 11.8 Å². The Morgan fingerprint density at radius 2 is 1.57 bits per heavy atom. The topological polar surface area (TPSA) is 71.5 Å². The van der Waals surface area contributed by atoms with E-state index in [1.807, 2.05) is 61.5 Å². The first-order chi connectivity index (χ1) is 14.3. The third-order valence-corrected chi connectivity index (χ3v) is 4.66. The smallest absolute Gasteiger partial charge is 0.271 e. The fraction of sp³-hybridized carbons (Fsp3) is 0.208. The Balaban J connectivity index is 1.66. The summed E-state index contributed by atoms with van der Waals surface area (Å²) in [4.78, 5) is 30.5. The average molecular weight is 403 g/mol. The Bertz CT molecular complexity index is 1030. The summed E-state index contributed by atoms with van der Waals surface area (Å²) in [6.45, 7) is 3.64. The van der Waals surface area contributed by atoms with Crippen LogP contribution in [0.1, 0.15) is 45.1 Å². The van der Waals surface area contributed by atoms with Gasteiger partial charge in [0.2, 0.25) is 0 Å². The molecule has 1 unspecified atom stereocenters. The van der Waals surface area contributed by atoms with E-state index in [1.54, 1.807) is 33.2 Å². The summed E-state index contributed by atoms with van der Waals surface area (Å²) in [6, 6.07) is 20.2. The number of nitrogens with zero attached hydrogens (tertiary/aromatic N) is 2. The molecule has 6 nitrogen and oxygen atoms in total. The molecule has 0 fully saturated rings. The Morgan fingerprint density at radius 3 is 2.17 bits per heavy atom. The van der Waals surface area contributed by atoms with Gasteiger partial charge in [-0.05, 0) is 55.8 Å². The lowest BCUT2D eigenvalue weighted by Crippen LogP contribution is -2.28. The number of pyridine rings is 1. The summed E-state index contributed by atoms with van der Waals surface area (Å²) >= 11 is 0. The first-order valence-corrected chi connectivity index (χ1v) is 9.68. The van der Waals surface area contributed by atoms with Gasteiger partial charge in [0.25, 0.3) is 11.8 Å². The number of benzene rings is 2. The predicted octanol–water partition coefficient (Wildman–Crippen LogP) is 4.38. The van der Waals surface area contributed by atoms with E-state index in [1.165, 1.54) is 4.90 Å². The summed E-state index contributed by atoms with van der Waals surface area (Å²) in [5, 5.41) is 2.98. The highest BCUT2D eigenvalue weighted by molar-refractivity contribution is 5.97. The molecule has 154 valence electrons. The van der Waals surface area contributed by atoms with E-state index in [2.05, 4.69) is 10.3 Å². The third-order valence-electron chi connectivity index (χ3n) is 4.66. The number of amides is 2. The van der Waals surface area contributed by atoms with E-state index in [0.29, 0.717) is 17.0 Å². The van der Waals surface area contributed by atoms with Crippen molar-refractivity contribution in [2.24, 2.45) is 0 Å². The van der Waals surface area contributed by atoms with Gasteiger partial charge < -0.3 is 15.0 Å². The van der Waals surface area contributed by atoms with Crippen LogP contribution >= 0.6 is 0 Å². The molecular weight excluding hydrogens is 378 g/mol. The zero-order valence-corrected chi connectivity index (χ0v) is 17.5. The van der Waals surface area contributed by atoms with Crippen molar-refractivity contribution in [2.45, 2.75) is 19.9 Å². The van der Waals surface area contributed by atoms with Crippen LogP contribution in [-0.4, -0.2) is 35.8 Å². The normalized spacial score (nSPS) is 11.5. The van der Waals surface area contributed by atoms with Crippen LogP contribution in [0.15, 0.2) is 66.7 Å². The molecule has 2 amide bonds. The van der Waals surface area contributed by atoms with Crippen molar-refractivity contribution in [3.05, 3.63) is 89.2 Å². The molecule has 0 saturated heterocycles. The van der Waals surface area contributed by atoms with E-state index in [0.717, 1.165) is 17.1 Å². The maximum Gasteiger partial charge on any atom is 0.271 e. The average Bonchev–Trinajstić information content (AvgIpc) is 2.74. The number of aryl methyl sites for hydroxylation is 1. The molecule has 1 heterocycles. The largest absolute Gasteiger partial charge is 0.457 e. The monoisotopic (exact) mass is 403 g/mol. The number of nitrogens with one attached hydrogen (secondary N) is 1. The van der Waals surface area contributed by atoms with E-state index in [4.69, 9.17) is 4.74 Å². The number of hydrogen-bond acceptors (Lipinski definition) is 4. The van der Waals surface area contributed by atoms with Crippen LogP contribution in [0, 0.1) is 6.92 Å². The van der Waals surface area contributed by atoms with Crippen LogP contribution < -0.4 is 10.1 Å². The van der Waals surface area contributed by atoms with Gasteiger partial charge in [-0.3, -0.25) is 9.59 Å². The molecule has 0 saturated carbocycles. The zero-order chi connectivity index (χ0) is 21.7. The second-order valence-electron chi connectivity index (χ2n) is 7.21. The van der Waals surface area contributed by atoms with Crippen LogP contribution in [0.5, 0.6) is 11.5 Å². The molecule has 0 radical (unpaired) electrons. The van der Waals surface area contributed by atoms with Gasteiger partial charge in [0.1, 0.15) is 17.2 Å². The molecule has 1 N–H and O–H groups in total. The van der Waals surface area contributed by atoms with Gasteiger partial charge in [0.15, 0.2) is 0 Å². The van der Waals surface area contributed by atoms with E-state index in [-0.39, 0.29) is 17.9 Å². The molecule has 0 spiro atoms. The number of ether oxygens (including phenoxy) is 1. The fourth-order valence-corrected chi connectivity index (χ4v) is 2.96. The second-order valence-corrected chi connectivity index (χ2v) is 7.21. The molecule has 0 aliphatic carbocycles. The number of rotatable bonds is 6. The number of carbonyl (C=O) groups excluding carboxylic acids is 2. The van der Waals surface area contributed by atoms with Gasteiger partial charge in [0, 0.05) is 14.1 Å². The first kappa shape index (κ1) is 21.0. The van der Waals surface area contributed by atoms with Gasteiger partial charge >= 0.3 is 0 Å². The molecule has 3 rings (SSSR count). The molecular formula is C24H25N3O3. The van der Waals surface area contributed by atoms with E-state index < -0.39 is 0 Å². The molecule has 0 bridgehead atoms. The van der Waals surface area contributed by atoms with Crippen molar-refractivity contribution in [3.63, 3.8) is 0 Å². The minimum absolute atomic E-state index is 0.198. The SMILES string of the molecule is Cc1nc(C(=O)N(C)C)ccc1C(=O)NC(C)c1ccc(Oc2ccccc2)cc1. The quantitative estimate of drug-likeness (QED) is 0.663. The van der Waals surface area contributed by atoms with Crippen molar-refractivity contribution in [2.75, 3.05) is 14.1 Å². The Morgan fingerprint density at radius 1 is 0.933 bits per heavy atom. The molecule has 0 aliphatic rings. The lowest BCUT2D eigenvalue weighted by atomic mass is 10.1. The molecule has 1 aromatic heterocycles. The van der Waals surface area contributed by atoms with Crippen molar-refractivity contribution in [1.82, 2.24) is 15.2 Å². The maximum atomic E-state index is 12.7. The highest BCUT2D eigenvalue weighted by atomic mass is 16.5. The summed E-state index contributed by atoms with van der Waals surface area (Å²) < 4.78 is 5.80.